The number of aryl methyl sites for hydroxylation is 1. The number of benzene rings is 1. The molecule has 0 saturated carbocycles. The zero-order chi connectivity index (χ0) is 14.1. The predicted molar refractivity (Wildman–Crippen MR) is 77.5 cm³/mol. The molecule has 0 fully saturated rings. The molecule has 0 N–H and O–H groups in total. The van der Waals surface area contributed by atoms with Crippen LogP contribution in [0, 0.1) is 6.92 Å². The third kappa shape index (κ3) is 5.85. The van der Waals surface area contributed by atoms with Crippen LogP contribution >= 0.6 is 0 Å². The van der Waals surface area contributed by atoms with Gasteiger partial charge in [0.05, 0.1) is 11.5 Å². The van der Waals surface area contributed by atoms with E-state index in [0.29, 0.717) is 6.42 Å². The summed E-state index contributed by atoms with van der Waals surface area (Å²) in [5, 5.41) is 0. The Balaban J connectivity index is 2.41. The Labute approximate surface area is 115 Å². The van der Waals surface area contributed by atoms with E-state index in [-0.39, 0.29) is 11.5 Å². The average molecular weight is 280 g/mol. The summed E-state index contributed by atoms with van der Waals surface area (Å²) < 4.78 is 28.6. The largest absolute Gasteiger partial charge is 0.296 e. The molecule has 1 aromatic rings. The van der Waals surface area contributed by atoms with E-state index >= 15 is 0 Å². The number of hydrogen-bond acceptors (Lipinski definition) is 3. The van der Waals surface area contributed by atoms with Gasteiger partial charge in [0.1, 0.15) is 0 Å². The molecule has 1 rings (SSSR count). The molecule has 19 heavy (non-hydrogen) atoms. The van der Waals surface area contributed by atoms with Crippen LogP contribution in [0.4, 0.5) is 0 Å². The van der Waals surface area contributed by atoms with E-state index in [1.165, 1.54) is 0 Å². The molecular formula is C15H20O3S. The summed E-state index contributed by atoms with van der Waals surface area (Å²) in [4.78, 5) is 0.203. The van der Waals surface area contributed by atoms with Gasteiger partial charge in [-0.2, -0.15) is 8.42 Å². The normalized spacial score (nSPS) is 11.8. The Morgan fingerprint density at radius 3 is 2.37 bits per heavy atom. The molecule has 0 unspecified atom stereocenters. The maximum absolute atomic E-state index is 11.8. The van der Waals surface area contributed by atoms with Crippen LogP contribution in [0.1, 0.15) is 24.8 Å². The van der Waals surface area contributed by atoms with Gasteiger partial charge < -0.3 is 0 Å². The minimum absolute atomic E-state index is 0.167. The van der Waals surface area contributed by atoms with Gasteiger partial charge in [-0.1, -0.05) is 35.9 Å². The Hall–Kier alpha value is -1.39. The van der Waals surface area contributed by atoms with Crippen molar-refractivity contribution in [3.63, 3.8) is 0 Å². The molecule has 0 heterocycles. The van der Waals surface area contributed by atoms with Crippen LogP contribution in [0.3, 0.4) is 0 Å². The molecule has 0 bridgehead atoms. The lowest BCUT2D eigenvalue weighted by Gasteiger charge is -2.04. The smallest absolute Gasteiger partial charge is 0.266 e. The first-order valence-electron chi connectivity index (χ1n) is 6.28. The molecule has 104 valence electrons. The number of allylic oxidation sites excluding steroid dienone is 2. The van der Waals surface area contributed by atoms with E-state index in [9.17, 15) is 8.42 Å². The Kier molecular flexibility index (Phi) is 6.53. The maximum atomic E-state index is 11.8. The first kappa shape index (κ1) is 15.7. The second-order valence-corrected chi connectivity index (χ2v) is 5.83. The lowest BCUT2D eigenvalue weighted by molar-refractivity contribution is 0.324. The molecule has 0 aromatic heterocycles. The minimum Gasteiger partial charge on any atom is -0.266 e. The van der Waals surface area contributed by atoms with Crippen molar-refractivity contribution in [2.24, 2.45) is 0 Å². The van der Waals surface area contributed by atoms with E-state index < -0.39 is 10.1 Å². The van der Waals surface area contributed by atoms with Crippen molar-refractivity contribution >= 4 is 10.1 Å². The summed E-state index contributed by atoms with van der Waals surface area (Å²) in [6.45, 7) is 5.70. The molecule has 0 atom stereocenters. The summed E-state index contributed by atoms with van der Waals surface area (Å²) >= 11 is 0. The van der Waals surface area contributed by atoms with Crippen molar-refractivity contribution in [2.75, 3.05) is 6.61 Å². The molecule has 0 aliphatic rings. The van der Waals surface area contributed by atoms with Crippen LogP contribution < -0.4 is 0 Å². The zero-order valence-electron chi connectivity index (χ0n) is 11.2. The summed E-state index contributed by atoms with van der Waals surface area (Å²) in [5.41, 5.74) is 1.02. The maximum Gasteiger partial charge on any atom is 0.296 e. The van der Waals surface area contributed by atoms with Crippen molar-refractivity contribution in [2.45, 2.75) is 31.1 Å². The Morgan fingerprint density at radius 2 is 1.74 bits per heavy atom. The predicted octanol–water partition coefficient (Wildman–Crippen LogP) is 3.61. The Bertz CT molecular complexity index is 513. The van der Waals surface area contributed by atoms with Crippen LogP contribution in [0.5, 0.6) is 0 Å². The second-order valence-electron chi connectivity index (χ2n) is 4.22. The van der Waals surface area contributed by atoms with Gasteiger partial charge in [-0.05, 0) is 38.3 Å². The third-order valence-corrected chi connectivity index (χ3v) is 3.86. The SMILES string of the molecule is C=CCC/C=C/CCOS(=O)(=O)c1ccc(C)cc1. The molecule has 0 amide bonds. The molecule has 0 radical (unpaired) electrons. The summed E-state index contributed by atoms with van der Waals surface area (Å²) in [6.07, 6.45) is 8.22. The molecule has 0 aliphatic heterocycles. The molecule has 1 aromatic carbocycles. The fourth-order valence-corrected chi connectivity index (χ4v) is 2.37. The molecule has 0 spiro atoms. The fourth-order valence-electron chi connectivity index (χ4n) is 1.45. The molecule has 0 aliphatic carbocycles. The average Bonchev–Trinajstić information content (AvgIpc) is 2.38. The van der Waals surface area contributed by atoms with Gasteiger partial charge in [-0.25, -0.2) is 0 Å². The van der Waals surface area contributed by atoms with Crippen molar-refractivity contribution in [1.82, 2.24) is 0 Å². The van der Waals surface area contributed by atoms with Crippen molar-refractivity contribution in [1.29, 1.82) is 0 Å². The first-order valence-corrected chi connectivity index (χ1v) is 7.69. The van der Waals surface area contributed by atoms with Gasteiger partial charge >= 0.3 is 0 Å². The third-order valence-electron chi connectivity index (χ3n) is 2.54. The van der Waals surface area contributed by atoms with Gasteiger partial charge in [0, 0.05) is 0 Å². The van der Waals surface area contributed by atoms with Gasteiger partial charge in [0.25, 0.3) is 10.1 Å². The summed E-state index contributed by atoms with van der Waals surface area (Å²) in [5.74, 6) is 0. The fraction of sp³-hybridized carbons (Fsp3) is 0.333. The highest BCUT2D eigenvalue weighted by atomic mass is 32.2. The number of rotatable bonds is 8. The zero-order valence-corrected chi connectivity index (χ0v) is 12.0. The lowest BCUT2D eigenvalue weighted by atomic mass is 10.2. The number of unbranched alkanes of at least 4 members (excludes halogenated alkanes) is 1. The van der Waals surface area contributed by atoms with E-state index in [1.807, 2.05) is 25.2 Å². The standard InChI is InChI=1S/C15H20O3S/c1-3-4-5-6-7-8-13-18-19(16,17)15-11-9-14(2)10-12-15/h3,6-7,9-12H,1,4-5,8,13H2,2H3/b7-6+. The quantitative estimate of drug-likeness (QED) is 0.415. The van der Waals surface area contributed by atoms with Crippen LogP contribution in [0.2, 0.25) is 0 Å². The van der Waals surface area contributed by atoms with E-state index in [2.05, 4.69) is 6.58 Å². The monoisotopic (exact) mass is 280 g/mol. The summed E-state index contributed by atoms with van der Waals surface area (Å²) in [7, 11) is -3.62. The van der Waals surface area contributed by atoms with Gasteiger partial charge in [-0.3, -0.25) is 4.18 Å². The van der Waals surface area contributed by atoms with E-state index in [4.69, 9.17) is 4.18 Å². The highest BCUT2D eigenvalue weighted by molar-refractivity contribution is 7.86. The highest BCUT2D eigenvalue weighted by Crippen LogP contribution is 2.13. The van der Waals surface area contributed by atoms with Crippen molar-refractivity contribution in [3.8, 4) is 0 Å². The highest BCUT2D eigenvalue weighted by Gasteiger charge is 2.13. The van der Waals surface area contributed by atoms with E-state index in [0.717, 1.165) is 18.4 Å². The molecule has 3 nitrogen and oxygen atoms in total. The molecule has 4 heteroatoms. The van der Waals surface area contributed by atoms with Crippen LogP contribution in [-0.2, 0) is 14.3 Å². The van der Waals surface area contributed by atoms with Crippen molar-refractivity contribution < 1.29 is 12.6 Å². The number of hydrogen-bond donors (Lipinski definition) is 0. The topological polar surface area (TPSA) is 43.4 Å². The lowest BCUT2D eigenvalue weighted by Crippen LogP contribution is -2.07. The molecular weight excluding hydrogens is 260 g/mol. The van der Waals surface area contributed by atoms with Crippen LogP contribution in [0.25, 0.3) is 0 Å². The Morgan fingerprint density at radius 1 is 1.11 bits per heavy atom. The van der Waals surface area contributed by atoms with Gasteiger partial charge in [0.15, 0.2) is 0 Å². The van der Waals surface area contributed by atoms with Gasteiger partial charge in [0.2, 0.25) is 0 Å². The van der Waals surface area contributed by atoms with Gasteiger partial charge in [-0.15, -0.1) is 6.58 Å². The second kappa shape index (κ2) is 7.92. The summed E-state index contributed by atoms with van der Waals surface area (Å²) in [6, 6.07) is 6.63. The van der Waals surface area contributed by atoms with E-state index in [1.54, 1.807) is 24.3 Å². The van der Waals surface area contributed by atoms with Crippen LogP contribution in [-0.4, -0.2) is 15.0 Å². The van der Waals surface area contributed by atoms with Crippen molar-refractivity contribution in [3.05, 3.63) is 54.6 Å². The first-order chi connectivity index (χ1) is 9.06. The molecule has 0 saturated heterocycles. The van der Waals surface area contributed by atoms with Crippen LogP contribution in [0.15, 0.2) is 54.0 Å². The minimum atomic E-state index is -3.62.